The number of carboxylic acid groups (broad SMARTS) is 1. The van der Waals surface area contributed by atoms with Crippen molar-refractivity contribution in [3.8, 4) is 0 Å². The number of hydrogen-bond donors (Lipinski definition) is 1. The van der Waals surface area contributed by atoms with Gasteiger partial charge in [-0.2, -0.15) is 0 Å². The molecule has 0 aliphatic carbocycles. The quantitative estimate of drug-likeness (QED) is 0.764. The van der Waals surface area contributed by atoms with Crippen molar-refractivity contribution < 1.29 is 18.3 Å². The van der Waals surface area contributed by atoms with Gasteiger partial charge in [0.05, 0.1) is 0 Å². The third kappa shape index (κ3) is 2.43. The van der Waals surface area contributed by atoms with Crippen LogP contribution in [0.2, 0.25) is 0 Å². The summed E-state index contributed by atoms with van der Waals surface area (Å²) in [5.74, 6) is -2.10. The van der Waals surface area contributed by atoms with Crippen LogP contribution in [0.5, 0.6) is 0 Å². The lowest BCUT2D eigenvalue weighted by Crippen LogP contribution is -2.21. The van der Waals surface area contributed by atoms with Gasteiger partial charge in [0.1, 0.15) is 5.75 Å². The Balaban J connectivity index is 2.66. The number of hydrogen-bond acceptors (Lipinski definition) is 5. The van der Waals surface area contributed by atoms with Gasteiger partial charge in [0.2, 0.25) is 0 Å². The highest BCUT2D eigenvalue weighted by atomic mass is 32.3. The molecular formula is C5H6O4S3. The molecule has 12 heavy (non-hydrogen) atoms. The second-order valence-electron chi connectivity index (χ2n) is 2.03. The van der Waals surface area contributed by atoms with Gasteiger partial charge in [-0.05, 0) is 10.8 Å². The van der Waals surface area contributed by atoms with Gasteiger partial charge in [0.15, 0.2) is 13.8 Å². The highest BCUT2D eigenvalue weighted by molar-refractivity contribution is 8.33. The summed E-state index contributed by atoms with van der Waals surface area (Å²) >= 11 is 2.24. The van der Waals surface area contributed by atoms with Gasteiger partial charge < -0.3 is 5.11 Å². The van der Waals surface area contributed by atoms with Crippen LogP contribution >= 0.6 is 23.5 Å². The fourth-order valence-electron chi connectivity index (χ4n) is 0.634. The monoisotopic (exact) mass is 226 g/mol. The molecule has 68 valence electrons. The lowest BCUT2D eigenvalue weighted by atomic mass is 10.8. The number of carbonyl (C=O) groups is 1. The van der Waals surface area contributed by atoms with Gasteiger partial charge in [-0.25, -0.2) is 8.42 Å². The lowest BCUT2D eigenvalue weighted by Gasteiger charge is -2.06. The molecule has 0 unspecified atom stereocenters. The first-order valence-corrected chi connectivity index (χ1v) is 6.52. The summed E-state index contributed by atoms with van der Waals surface area (Å²) in [4.78, 5) is 10.2. The predicted molar refractivity (Wildman–Crippen MR) is 49.5 cm³/mol. The minimum Gasteiger partial charge on any atom is -0.480 e. The summed E-state index contributed by atoms with van der Waals surface area (Å²) < 4.78 is 21.7. The van der Waals surface area contributed by atoms with Crippen LogP contribution in [-0.4, -0.2) is 29.2 Å². The molecule has 0 aromatic heterocycles. The third-order valence-electron chi connectivity index (χ3n) is 1.05. The van der Waals surface area contributed by atoms with Crippen LogP contribution in [0.3, 0.4) is 0 Å². The second kappa shape index (κ2) is 3.71. The van der Waals surface area contributed by atoms with Crippen LogP contribution in [0.4, 0.5) is 0 Å². The average molecular weight is 226 g/mol. The van der Waals surface area contributed by atoms with Crippen molar-refractivity contribution in [1.82, 2.24) is 0 Å². The van der Waals surface area contributed by atoms with Crippen molar-refractivity contribution in [2.24, 2.45) is 0 Å². The number of sulfone groups is 1. The summed E-state index contributed by atoms with van der Waals surface area (Å²) in [6.45, 7) is 0. The molecular weight excluding hydrogens is 220 g/mol. The molecule has 4 nitrogen and oxygen atoms in total. The highest BCUT2D eigenvalue weighted by Gasteiger charge is 2.29. The molecule has 0 saturated carbocycles. The SMILES string of the molecule is O=C(O)CS(=O)(=O)C1SC=CS1. The zero-order valence-corrected chi connectivity index (χ0v) is 8.29. The summed E-state index contributed by atoms with van der Waals surface area (Å²) in [7, 11) is -3.50. The lowest BCUT2D eigenvalue weighted by molar-refractivity contribution is -0.134. The molecule has 0 saturated heterocycles. The average Bonchev–Trinajstić information content (AvgIpc) is 2.32. The minimum atomic E-state index is -3.50. The normalized spacial score (nSPS) is 18.3. The van der Waals surface area contributed by atoms with Gasteiger partial charge >= 0.3 is 5.97 Å². The number of thioether (sulfide) groups is 2. The van der Waals surface area contributed by atoms with E-state index in [4.69, 9.17) is 5.11 Å². The van der Waals surface area contributed by atoms with Crippen LogP contribution in [-0.2, 0) is 14.6 Å². The fraction of sp³-hybridized carbons (Fsp3) is 0.400. The van der Waals surface area contributed by atoms with E-state index in [9.17, 15) is 13.2 Å². The Bertz CT molecular complexity index is 297. The van der Waals surface area contributed by atoms with E-state index in [2.05, 4.69) is 0 Å². The maximum Gasteiger partial charge on any atom is 0.318 e. The molecule has 1 N–H and O–H groups in total. The molecule has 7 heteroatoms. The number of aliphatic carboxylic acids is 1. The first kappa shape index (κ1) is 9.94. The Hall–Kier alpha value is -0.140. The Morgan fingerprint density at radius 2 is 1.92 bits per heavy atom. The van der Waals surface area contributed by atoms with Crippen molar-refractivity contribution in [1.29, 1.82) is 0 Å². The van der Waals surface area contributed by atoms with Gasteiger partial charge in [-0.3, -0.25) is 4.79 Å². The van der Waals surface area contributed by atoms with Gasteiger partial charge in [0, 0.05) is 0 Å². The molecule has 0 fully saturated rings. The van der Waals surface area contributed by atoms with Crippen LogP contribution in [0.15, 0.2) is 10.8 Å². The summed E-state index contributed by atoms with van der Waals surface area (Å²) in [6, 6.07) is 0. The van der Waals surface area contributed by atoms with Crippen LogP contribution in [0.25, 0.3) is 0 Å². The molecule has 0 aromatic carbocycles. The molecule has 1 heterocycles. The van der Waals surface area contributed by atoms with Crippen LogP contribution < -0.4 is 0 Å². The van der Waals surface area contributed by atoms with E-state index >= 15 is 0 Å². The zero-order chi connectivity index (χ0) is 9.19. The Kier molecular flexibility index (Phi) is 3.08. The molecule has 0 aromatic rings. The van der Waals surface area contributed by atoms with E-state index in [1.807, 2.05) is 0 Å². The van der Waals surface area contributed by atoms with Crippen molar-refractivity contribution >= 4 is 39.3 Å². The van der Waals surface area contributed by atoms with Crippen molar-refractivity contribution in [3.05, 3.63) is 10.8 Å². The molecule has 0 spiro atoms. The van der Waals surface area contributed by atoms with E-state index in [0.29, 0.717) is 0 Å². The molecule has 0 amide bonds. The smallest absolute Gasteiger partial charge is 0.318 e. The van der Waals surface area contributed by atoms with Gasteiger partial charge in [-0.1, -0.05) is 0 Å². The van der Waals surface area contributed by atoms with E-state index in [0.717, 1.165) is 23.5 Å². The first-order chi connectivity index (χ1) is 5.52. The Morgan fingerprint density at radius 1 is 1.42 bits per heavy atom. The highest BCUT2D eigenvalue weighted by Crippen LogP contribution is 2.37. The van der Waals surface area contributed by atoms with Gasteiger partial charge in [0.25, 0.3) is 0 Å². The second-order valence-corrected chi connectivity index (χ2v) is 7.05. The Labute approximate surface area is 78.3 Å². The summed E-state index contributed by atoms with van der Waals surface area (Å²) in [5.41, 5.74) is 0. The maximum absolute atomic E-state index is 11.2. The molecule has 0 atom stereocenters. The predicted octanol–water partition coefficient (Wildman–Crippen LogP) is 0.721. The van der Waals surface area contributed by atoms with E-state index in [-0.39, 0.29) is 0 Å². The molecule has 1 aliphatic rings. The third-order valence-corrected chi connectivity index (χ3v) is 6.58. The molecule has 1 rings (SSSR count). The molecule has 0 bridgehead atoms. The maximum atomic E-state index is 11.2. The zero-order valence-electron chi connectivity index (χ0n) is 5.84. The van der Waals surface area contributed by atoms with Gasteiger partial charge in [-0.15, -0.1) is 23.5 Å². The topological polar surface area (TPSA) is 71.4 Å². The van der Waals surface area contributed by atoms with E-state index in [1.165, 1.54) is 0 Å². The minimum absolute atomic E-state index is 0.673. The standard InChI is InChI=1S/C5H6O4S3/c6-4(7)3-12(8,9)5-10-1-2-11-5/h1-2,5H,3H2,(H,6,7). The molecule has 1 aliphatic heterocycles. The first-order valence-electron chi connectivity index (χ1n) is 2.92. The van der Waals surface area contributed by atoms with Crippen molar-refractivity contribution in [2.75, 3.05) is 5.75 Å². The van der Waals surface area contributed by atoms with E-state index in [1.54, 1.807) is 10.8 Å². The largest absolute Gasteiger partial charge is 0.480 e. The summed E-state index contributed by atoms with van der Waals surface area (Å²) in [6.07, 6.45) is 0. The fourth-order valence-corrected chi connectivity index (χ4v) is 4.67. The van der Waals surface area contributed by atoms with Crippen LogP contribution in [0.1, 0.15) is 0 Å². The molecule has 0 radical (unpaired) electrons. The van der Waals surface area contributed by atoms with Crippen molar-refractivity contribution in [3.63, 3.8) is 0 Å². The number of rotatable bonds is 3. The van der Waals surface area contributed by atoms with Crippen LogP contribution in [0, 0.1) is 0 Å². The van der Waals surface area contributed by atoms with E-state index < -0.39 is 25.5 Å². The number of carboxylic acids is 1. The summed E-state index contributed by atoms with van der Waals surface area (Å²) in [5, 5.41) is 11.6. The van der Waals surface area contributed by atoms with Crippen molar-refractivity contribution in [2.45, 2.75) is 3.91 Å². The Morgan fingerprint density at radius 3 is 2.33 bits per heavy atom.